The third-order valence-corrected chi connectivity index (χ3v) is 2.80. The Kier molecular flexibility index (Phi) is 3.29. The zero-order valence-corrected chi connectivity index (χ0v) is 9.25. The minimum Gasteiger partial charge on any atom is -0.330 e. The fourth-order valence-corrected chi connectivity index (χ4v) is 1.35. The maximum Gasteiger partial charge on any atom is 0.0358 e. The fourth-order valence-electron chi connectivity index (χ4n) is 1.35. The van der Waals surface area contributed by atoms with Crippen LogP contribution < -0.4 is 11.5 Å². The standard InChI is InChI=1S/C12H20N2/c1-9-4-6-10(7-5-9)11(14)12(2,3)8-13/h4-7,11H,8,13-14H2,1-3H3. The lowest BCUT2D eigenvalue weighted by Gasteiger charge is -2.30. The zero-order chi connectivity index (χ0) is 10.8. The molecule has 0 saturated heterocycles. The van der Waals surface area contributed by atoms with E-state index in [4.69, 9.17) is 11.5 Å². The van der Waals surface area contributed by atoms with Gasteiger partial charge in [0.05, 0.1) is 0 Å². The lowest BCUT2D eigenvalue weighted by molar-refractivity contribution is 0.301. The molecule has 0 saturated carbocycles. The van der Waals surface area contributed by atoms with Gasteiger partial charge < -0.3 is 11.5 Å². The summed E-state index contributed by atoms with van der Waals surface area (Å²) in [7, 11) is 0. The maximum absolute atomic E-state index is 6.15. The normalized spacial score (nSPS) is 14.1. The second kappa shape index (κ2) is 4.11. The summed E-state index contributed by atoms with van der Waals surface area (Å²) in [4.78, 5) is 0. The monoisotopic (exact) mass is 192 g/mol. The third kappa shape index (κ3) is 2.34. The first-order chi connectivity index (χ1) is 6.47. The smallest absolute Gasteiger partial charge is 0.0358 e. The van der Waals surface area contributed by atoms with Gasteiger partial charge in [0.25, 0.3) is 0 Å². The van der Waals surface area contributed by atoms with Crippen molar-refractivity contribution in [1.82, 2.24) is 0 Å². The van der Waals surface area contributed by atoms with Gasteiger partial charge in [-0.1, -0.05) is 43.7 Å². The van der Waals surface area contributed by atoms with Crippen LogP contribution in [0.15, 0.2) is 24.3 Å². The second-order valence-corrected chi connectivity index (χ2v) is 4.58. The number of hydrogen-bond donors (Lipinski definition) is 2. The van der Waals surface area contributed by atoms with Crippen LogP contribution in [-0.4, -0.2) is 6.54 Å². The molecule has 78 valence electrons. The van der Waals surface area contributed by atoms with Crippen LogP contribution in [0.1, 0.15) is 31.0 Å². The van der Waals surface area contributed by atoms with Crippen LogP contribution in [0.25, 0.3) is 0 Å². The molecule has 1 rings (SSSR count). The third-order valence-electron chi connectivity index (χ3n) is 2.80. The highest BCUT2D eigenvalue weighted by molar-refractivity contribution is 5.25. The van der Waals surface area contributed by atoms with Gasteiger partial charge in [-0.3, -0.25) is 0 Å². The van der Waals surface area contributed by atoms with Crippen LogP contribution in [0.3, 0.4) is 0 Å². The average molecular weight is 192 g/mol. The van der Waals surface area contributed by atoms with Gasteiger partial charge in [-0.15, -0.1) is 0 Å². The first-order valence-electron chi connectivity index (χ1n) is 4.99. The van der Waals surface area contributed by atoms with E-state index in [1.807, 2.05) is 0 Å². The predicted octanol–water partition coefficient (Wildman–Crippen LogP) is 1.98. The van der Waals surface area contributed by atoms with Gasteiger partial charge in [0.2, 0.25) is 0 Å². The van der Waals surface area contributed by atoms with Crippen LogP contribution in [-0.2, 0) is 0 Å². The SMILES string of the molecule is Cc1ccc(C(N)C(C)(C)CN)cc1. The molecule has 0 spiro atoms. The molecule has 4 N–H and O–H groups in total. The Morgan fingerprint density at radius 1 is 1.21 bits per heavy atom. The topological polar surface area (TPSA) is 52.0 Å². The van der Waals surface area contributed by atoms with Crippen LogP contribution >= 0.6 is 0 Å². The minimum atomic E-state index is -0.0464. The van der Waals surface area contributed by atoms with E-state index in [0.717, 1.165) is 5.56 Å². The number of rotatable bonds is 3. The van der Waals surface area contributed by atoms with Gasteiger partial charge in [0.15, 0.2) is 0 Å². The van der Waals surface area contributed by atoms with E-state index in [-0.39, 0.29) is 11.5 Å². The van der Waals surface area contributed by atoms with Crippen molar-refractivity contribution in [2.75, 3.05) is 6.54 Å². The summed E-state index contributed by atoms with van der Waals surface area (Å²) in [5.41, 5.74) is 14.2. The molecular formula is C12H20N2. The van der Waals surface area contributed by atoms with E-state index < -0.39 is 0 Å². The van der Waals surface area contributed by atoms with Gasteiger partial charge in [0.1, 0.15) is 0 Å². The molecule has 0 heterocycles. The molecule has 0 amide bonds. The Hall–Kier alpha value is -0.860. The number of benzene rings is 1. The first-order valence-corrected chi connectivity index (χ1v) is 4.99. The van der Waals surface area contributed by atoms with Crippen molar-refractivity contribution >= 4 is 0 Å². The van der Waals surface area contributed by atoms with Gasteiger partial charge in [0, 0.05) is 6.04 Å². The molecule has 1 aromatic carbocycles. The summed E-state index contributed by atoms with van der Waals surface area (Å²) >= 11 is 0. The molecule has 1 atom stereocenters. The molecule has 2 nitrogen and oxygen atoms in total. The van der Waals surface area contributed by atoms with Crippen molar-refractivity contribution in [3.8, 4) is 0 Å². The highest BCUT2D eigenvalue weighted by Gasteiger charge is 2.25. The molecule has 14 heavy (non-hydrogen) atoms. The van der Waals surface area contributed by atoms with E-state index in [1.165, 1.54) is 5.56 Å². The van der Waals surface area contributed by atoms with Crippen molar-refractivity contribution in [2.24, 2.45) is 16.9 Å². The van der Waals surface area contributed by atoms with Gasteiger partial charge in [-0.2, -0.15) is 0 Å². The fraction of sp³-hybridized carbons (Fsp3) is 0.500. The van der Waals surface area contributed by atoms with Crippen LogP contribution in [0.4, 0.5) is 0 Å². The second-order valence-electron chi connectivity index (χ2n) is 4.58. The molecule has 0 fully saturated rings. The Morgan fingerprint density at radius 2 is 1.71 bits per heavy atom. The largest absolute Gasteiger partial charge is 0.330 e. The molecule has 0 aromatic heterocycles. The van der Waals surface area contributed by atoms with Crippen molar-refractivity contribution in [1.29, 1.82) is 0 Å². The van der Waals surface area contributed by atoms with Gasteiger partial charge in [-0.05, 0) is 24.4 Å². The number of nitrogens with two attached hydrogens (primary N) is 2. The Morgan fingerprint density at radius 3 is 2.14 bits per heavy atom. The summed E-state index contributed by atoms with van der Waals surface area (Å²) < 4.78 is 0. The summed E-state index contributed by atoms with van der Waals surface area (Å²) in [6.45, 7) is 6.86. The van der Waals surface area contributed by atoms with Gasteiger partial charge >= 0.3 is 0 Å². The average Bonchev–Trinajstić information content (AvgIpc) is 2.18. The molecule has 0 aliphatic rings. The van der Waals surface area contributed by atoms with E-state index in [2.05, 4.69) is 45.0 Å². The summed E-state index contributed by atoms with van der Waals surface area (Å²) in [6, 6.07) is 8.34. The maximum atomic E-state index is 6.15. The Bertz CT molecular complexity index is 288. The highest BCUT2D eigenvalue weighted by atomic mass is 14.7. The lowest BCUT2D eigenvalue weighted by Crippen LogP contribution is -2.35. The Labute approximate surface area is 86.3 Å². The quantitative estimate of drug-likeness (QED) is 0.769. The number of hydrogen-bond acceptors (Lipinski definition) is 2. The van der Waals surface area contributed by atoms with Crippen LogP contribution in [0.2, 0.25) is 0 Å². The van der Waals surface area contributed by atoms with Crippen molar-refractivity contribution < 1.29 is 0 Å². The van der Waals surface area contributed by atoms with Crippen molar-refractivity contribution in [3.63, 3.8) is 0 Å². The molecule has 0 aliphatic heterocycles. The molecule has 0 radical (unpaired) electrons. The van der Waals surface area contributed by atoms with E-state index in [9.17, 15) is 0 Å². The molecule has 0 aliphatic carbocycles. The first kappa shape index (κ1) is 11.2. The van der Waals surface area contributed by atoms with E-state index in [0.29, 0.717) is 6.54 Å². The predicted molar refractivity (Wildman–Crippen MR) is 60.9 cm³/mol. The number of aryl methyl sites for hydroxylation is 1. The van der Waals surface area contributed by atoms with E-state index in [1.54, 1.807) is 0 Å². The summed E-state index contributed by atoms with van der Waals surface area (Å²) in [6.07, 6.45) is 0. The van der Waals surface area contributed by atoms with E-state index >= 15 is 0 Å². The molecule has 1 unspecified atom stereocenters. The Balaban J connectivity index is 2.89. The molecule has 0 bridgehead atoms. The molecular weight excluding hydrogens is 172 g/mol. The summed E-state index contributed by atoms with van der Waals surface area (Å²) in [5, 5.41) is 0. The van der Waals surface area contributed by atoms with Crippen LogP contribution in [0, 0.1) is 12.3 Å². The van der Waals surface area contributed by atoms with Gasteiger partial charge in [-0.25, -0.2) is 0 Å². The highest BCUT2D eigenvalue weighted by Crippen LogP contribution is 2.29. The molecule has 1 aromatic rings. The molecule has 2 heteroatoms. The minimum absolute atomic E-state index is 0.00750. The van der Waals surface area contributed by atoms with Crippen molar-refractivity contribution in [3.05, 3.63) is 35.4 Å². The lowest BCUT2D eigenvalue weighted by atomic mass is 9.81. The van der Waals surface area contributed by atoms with Crippen LogP contribution in [0.5, 0.6) is 0 Å². The zero-order valence-electron chi connectivity index (χ0n) is 9.25. The summed E-state index contributed by atoms with van der Waals surface area (Å²) in [5.74, 6) is 0. The van der Waals surface area contributed by atoms with Crippen molar-refractivity contribution in [2.45, 2.75) is 26.8 Å².